The van der Waals surface area contributed by atoms with Gasteiger partial charge >= 0.3 is 0 Å². The number of amides is 1. The molecule has 198 valence electrons. The zero-order chi connectivity index (χ0) is 26.2. The maximum Gasteiger partial charge on any atom is 0.251 e. The van der Waals surface area contributed by atoms with Crippen molar-refractivity contribution in [3.63, 3.8) is 0 Å². The first-order valence-corrected chi connectivity index (χ1v) is 13.3. The molecule has 0 aliphatic carbocycles. The van der Waals surface area contributed by atoms with Gasteiger partial charge in [0.05, 0.1) is 0 Å². The Morgan fingerprint density at radius 2 is 1.82 bits per heavy atom. The average molecular weight is 520 g/mol. The number of hydrogen-bond donors (Lipinski definition) is 2. The van der Waals surface area contributed by atoms with Crippen LogP contribution in [0.3, 0.4) is 0 Å². The molecule has 2 aromatic carbocycles. The summed E-state index contributed by atoms with van der Waals surface area (Å²) in [6.07, 6.45) is 4.84. The summed E-state index contributed by atoms with van der Waals surface area (Å²) in [5.41, 5.74) is 10.3. The van der Waals surface area contributed by atoms with E-state index in [0.717, 1.165) is 51.3 Å². The van der Waals surface area contributed by atoms with Gasteiger partial charge in [0.25, 0.3) is 5.91 Å². The lowest BCUT2D eigenvalue weighted by atomic mass is 9.87. The first-order valence-electron chi connectivity index (χ1n) is 13.3. The van der Waals surface area contributed by atoms with Gasteiger partial charge in [-0.25, -0.2) is 9.37 Å². The smallest absolute Gasteiger partial charge is 0.251 e. The topological polar surface area (TPSA) is 93.4 Å². The molecule has 3 aromatic rings. The number of ether oxygens (including phenoxy) is 1. The highest BCUT2D eigenvalue weighted by molar-refractivity contribution is 5.97. The van der Waals surface area contributed by atoms with E-state index in [1.807, 2.05) is 12.1 Å². The van der Waals surface area contributed by atoms with Crippen LogP contribution in [0.25, 0.3) is 22.5 Å². The second kappa shape index (κ2) is 10.4. The molecule has 0 saturated carbocycles. The number of benzene rings is 2. The number of nitrogen functional groups attached to an aromatic ring is 1. The molecule has 7 nitrogen and oxygen atoms in total. The molecule has 6 rings (SSSR count). The van der Waals surface area contributed by atoms with Crippen molar-refractivity contribution in [3.05, 3.63) is 64.4 Å². The van der Waals surface area contributed by atoms with Gasteiger partial charge in [-0.2, -0.15) is 9.37 Å². The van der Waals surface area contributed by atoms with Crippen LogP contribution in [0.2, 0.25) is 0 Å². The van der Waals surface area contributed by atoms with Crippen LogP contribution in [0.5, 0.6) is 0 Å². The van der Waals surface area contributed by atoms with Gasteiger partial charge in [0, 0.05) is 43.0 Å². The Morgan fingerprint density at radius 1 is 1.03 bits per heavy atom. The van der Waals surface area contributed by atoms with Crippen LogP contribution in [0.4, 0.5) is 14.6 Å². The van der Waals surface area contributed by atoms with Crippen LogP contribution in [0.15, 0.2) is 30.3 Å². The highest BCUT2D eigenvalue weighted by atomic mass is 19.1. The Hall–Kier alpha value is -3.43. The number of nitrogens with two attached hydrogens (primary N) is 1. The molecule has 38 heavy (non-hydrogen) atoms. The normalized spacial score (nSPS) is 18.4. The third-order valence-electron chi connectivity index (χ3n) is 7.92. The van der Waals surface area contributed by atoms with E-state index in [1.165, 1.54) is 24.5 Å². The van der Waals surface area contributed by atoms with Crippen molar-refractivity contribution >= 4 is 11.7 Å². The Labute approximate surface area is 220 Å². The van der Waals surface area contributed by atoms with Gasteiger partial charge < -0.3 is 15.8 Å². The van der Waals surface area contributed by atoms with Gasteiger partial charge in [-0.05, 0) is 86.0 Å². The van der Waals surface area contributed by atoms with Crippen LogP contribution in [0.1, 0.15) is 58.6 Å². The summed E-state index contributed by atoms with van der Waals surface area (Å²) in [5, 5.41) is 2.71. The van der Waals surface area contributed by atoms with Crippen LogP contribution >= 0.6 is 0 Å². The summed E-state index contributed by atoms with van der Waals surface area (Å²) in [6.45, 7) is 4.83. The molecule has 3 aliphatic heterocycles. The van der Waals surface area contributed by atoms with Crippen molar-refractivity contribution in [1.82, 2.24) is 20.2 Å². The quantitative estimate of drug-likeness (QED) is 0.518. The maximum atomic E-state index is 15.2. The highest BCUT2D eigenvalue weighted by Gasteiger charge is 2.25. The average Bonchev–Trinajstić information content (AvgIpc) is 3.43. The van der Waals surface area contributed by atoms with Crippen molar-refractivity contribution in [2.75, 3.05) is 38.6 Å². The number of nitrogens with one attached hydrogen (secondary N) is 1. The van der Waals surface area contributed by atoms with Crippen molar-refractivity contribution < 1.29 is 18.3 Å². The third-order valence-corrected chi connectivity index (χ3v) is 7.92. The zero-order valence-corrected chi connectivity index (χ0v) is 21.2. The van der Waals surface area contributed by atoms with E-state index in [4.69, 9.17) is 10.5 Å². The zero-order valence-electron chi connectivity index (χ0n) is 21.2. The van der Waals surface area contributed by atoms with E-state index in [2.05, 4.69) is 26.3 Å². The van der Waals surface area contributed by atoms with Crippen LogP contribution in [-0.2, 0) is 17.7 Å². The summed E-state index contributed by atoms with van der Waals surface area (Å²) in [6, 6.07) is 8.73. The summed E-state index contributed by atoms with van der Waals surface area (Å²) >= 11 is 0. The summed E-state index contributed by atoms with van der Waals surface area (Å²) in [7, 11) is 0. The molecule has 0 spiro atoms. The summed E-state index contributed by atoms with van der Waals surface area (Å²) in [5.74, 6) is -1.55. The molecular formula is C29H31F2N5O2. The lowest BCUT2D eigenvalue weighted by Gasteiger charge is -2.27. The Bertz CT molecular complexity index is 1380. The molecule has 0 atom stereocenters. The van der Waals surface area contributed by atoms with Gasteiger partial charge in [0.15, 0.2) is 5.82 Å². The van der Waals surface area contributed by atoms with E-state index >= 15 is 8.78 Å². The number of hydrogen-bond acceptors (Lipinski definition) is 6. The van der Waals surface area contributed by atoms with Crippen molar-refractivity contribution in [2.45, 2.75) is 44.6 Å². The Kier molecular flexibility index (Phi) is 6.80. The first-order chi connectivity index (χ1) is 18.5. The number of carbonyl (C=O) groups excluding carboxylic acids is 1. The van der Waals surface area contributed by atoms with E-state index in [1.54, 1.807) is 6.07 Å². The van der Waals surface area contributed by atoms with Crippen molar-refractivity contribution in [3.8, 4) is 22.5 Å². The van der Waals surface area contributed by atoms with Crippen molar-refractivity contribution in [2.24, 2.45) is 0 Å². The number of rotatable bonds is 5. The molecule has 3 aliphatic rings. The summed E-state index contributed by atoms with van der Waals surface area (Å²) < 4.78 is 36.0. The molecule has 2 fully saturated rings. The van der Waals surface area contributed by atoms with Gasteiger partial charge in [-0.15, -0.1) is 0 Å². The fourth-order valence-electron chi connectivity index (χ4n) is 5.91. The molecular weight excluding hydrogens is 488 g/mol. The predicted molar refractivity (Wildman–Crippen MR) is 141 cm³/mol. The number of likely N-dealkylation sites (tertiary alicyclic amines) is 1. The number of carbonyl (C=O) groups is 1. The van der Waals surface area contributed by atoms with Crippen LogP contribution < -0.4 is 11.1 Å². The van der Waals surface area contributed by atoms with Gasteiger partial charge in [0.2, 0.25) is 5.95 Å². The third kappa shape index (κ3) is 4.76. The molecule has 1 aromatic heterocycles. The van der Waals surface area contributed by atoms with E-state index in [9.17, 15) is 4.79 Å². The van der Waals surface area contributed by atoms with Gasteiger partial charge in [-0.1, -0.05) is 12.1 Å². The van der Waals surface area contributed by atoms with Gasteiger partial charge in [-0.3, -0.25) is 9.69 Å². The summed E-state index contributed by atoms with van der Waals surface area (Å²) in [4.78, 5) is 23.0. The highest BCUT2D eigenvalue weighted by Crippen LogP contribution is 2.36. The monoisotopic (exact) mass is 519 g/mol. The molecule has 0 bridgehead atoms. The standard InChI is InChI=1S/C29H31F2N5O2/c30-24-15-22-18(5-8-33-29(22)37)14-23(24)26-28(32)35-27(31)25(34-26)19-3-4-21(17-6-11-38-12-7-17)20(13-19)16-36-9-1-2-10-36/h3-4,13-15,17H,1-2,5-12,16H2,(H2,32,35)(H,33,37). The Balaban J connectivity index is 1.42. The second-order valence-electron chi connectivity index (χ2n) is 10.4. The Morgan fingerprint density at radius 3 is 2.61 bits per heavy atom. The fourth-order valence-corrected chi connectivity index (χ4v) is 5.91. The molecule has 3 N–H and O–H groups in total. The number of fused-ring (bicyclic) bond motifs is 1. The maximum absolute atomic E-state index is 15.2. The van der Waals surface area contributed by atoms with E-state index in [-0.39, 0.29) is 28.7 Å². The predicted octanol–water partition coefficient (Wildman–Crippen LogP) is 4.45. The number of halogens is 2. The molecule has 0 unspecified atom stereocenters. The van der Waals surface area contributed by atoms with Crippen LogP contribution in [-0.4, -0.2) is 53.6 Å². The van der Waals surface area contributed by atoms with Crippen LogP contribution in [0, 0.1) is 11.8 Å². The lowest BCUT2D eigenvalue weighted by molar-refractivity contribution is 0.0850. The number of anilines is 1. The number of nitrogens with zero attached hydrogens (tertiary/aromatic N) is 3. The molecule has 4 heterocycles. The number of aromatic nitrogens is 2. The molecule has 2 saturated heterocycles. The van der Waals surface area contributed by atoms with Crippen molar-refractivity contribution in [1.29, 1.82) is 0 Å². The molecule has 0 radical (unpaired) electrons. The lowest BCUT2D eigenvalue weighted by Crippen LogP contribution is -2.32. The molecule has 9 heteroatoms. The molecule has 1 amide bonds. The minimum atomic E-state index is -0.796. The second-order valence-corrected chi connectivity index (χ2v) is 10.4. The van der Waals surface area contributed by atoms with E-state index < -0.39 is 11.8 Å². The first kappa shape index (κ1) is 24.9. The van der Waals surface area contributed by atoms with Gasteiger partial charge in [0.1, 0.15) is 17.2 Å². The minimum Gasteiger partial charge on any atom is -0.382 e. The minimum absolute atomic E-state index is 0.0327. The fraction of sp³-hybridized carbons (Fsp3) is 0.414. The SMILES string of the molecule is Nc1nc(F)c(-c2ccc(C3CCOCC3)c(CN3CCCC3)c2)nc1-c1cc2c(cc1F)C(=O)NCC2. The van der Waals surface area contributed by atoms with E-state index in [0.29, 0.717) is 35.6 Å². The largest absolute Gasteiger partial charge is 0.382 e.